The number of aliphatic carboxylic acids is 1. The number of amides is 3. The quantitative estimate of drug-likeness (QED) is 0.0800. The molecule has 1 aromatic rings. The summed E-state index contributed by atoms with van der Waals surface area (Å²) in [6.07, 6.45) is -6.92. The third-order valence-electron chi connectivity index (χ3n) is 6.46. The smallest absolute Gasteiger partial charge is 0.335 e. The zero-order chi connectivity index (χ0) is 32.4. The van der Waals surface area contributed by atoms with E-state index in [2.05, 4.69) is 5.32 Å². The number of carbonyl (C=O) groups is 5. The number of nitrogens with one attached hydrogen (secondary N) is 1. The van der Waals surface area contributed by atoms with Crippen molar-refractivity contribution in [1.82, 2.24) is 10.2 Å². The van der Waals surface area contributed by atoms with Crippen molar-refractivity contribution < 1.29 is 68.1 Å². The number of esters is 1. The van der Waals surface area contributed by atoms with E-state index in [9.17, 15) is 44.4 Å². The van der Waals surface area contributed by atoms with Gasteiger partial charge in [0, 0.05) is 43.3 Å². The predicted molar refractivity (Wildman–Crippen MR) is 146 cm³/mol. The SMILES string of the molecule is CC(C)C(=O)OCc1ccc(OCCOCCNC(=O)CCN2C(=O)C=CC2=O)cc1O[C@@H]1O[C@H](C(=O)O)[C@@H](O)[C@H](O)[C@H]1O. The second-order valence-corrected chi connectivity index (χ2v) is 10.1. The molecule has 16 nitrogen and oxygen atoms in total. The Labute approximate surface area is 252 Å². The van der Waals surface area contributed by atoms with Gasteiger partial charge >= 0.3 is 11.9 Å². The Morgan fingerprint density at radius 2 is 1.70 bits per heavy atom. The van der Waals surface area contributed by atoms with Crippen LogP contribution in [0.25, 0.3) is 0 Å². The molecule has 0 unspecified atom stereocenters. The fraction of sp³-hybridized carbons (Fsp3) is 0.536. The van der Waals surface area contributed by atoms with E-state index in [0.29, 0.717) is 5.56 Å². The maximum Gasteiger partial charge on any atom is 0.335 e. The van der Waals surface area contributed by atoms with Crippen LogP contribution >= 0.6 is 0 Å². The third kappa shape index (κ3) is 9.45. The molecule has 1 saturated heterocycles. The first kappa shape index (κ1) is 34.4. The van der Waals surface area contributed by atoms with Gasteiger partial charge in [0.15, 0.2) is 6.10 Å². The van der Waals surface area contributed by atoms with E-state index in [0.717, 1.165) is 17.1 Å². The van der Waals surface area contributed by atoms with Crippen molar-refractivity contribution in [3.05, 3.63) is 35.9 Å². The first-order chi connectivity index (χ1) is 20.9. The van der Waals surface area contributed by atoms with Gasteiger partial charge in [-0.2, -0.15) is 0 Å². The Morgan fingerprint density at radius 1 is 1.00 bits per heavy atom. The number of carboxylic acid groups (broad SMARTS) is 1. The number of benzene rings is 1. The van der Waals surface area contributed by atoms with E-state index in [1.807, 2.05) is 0 Å². The van der Waals surface area contributed by atoms with Crippen molar-refractivity contribution in [2.75, 3.05) is 32.9 Å². The summed E-state index contributed by atoms with van der Waals surface area (Å²) in [6, 6.07) is 4.45. The van der Waals surface area contributed by atoms with Gasteiger partial charge in [-0.3, -0.25) is 24.1 Å². The largest absolute Gasteiger partial charge is 0.491 e. The van der Waals surface area contributed by atoms with Crippen LogP contribution in [0, 0.1) is 5.92 Å². The van der Waals surface area contributed by atoms with Crippen LogP contribution in [0.1, 0.15) is 25.8 Å². The first-order valence-corrected chi connectivity index (χ1v) is 13.8. The second kappa shape index (κ2) is 16.1. The van der Waals surface area contributed by atoms with Crippen molar-refractivity contribution >= 4 is 29.7 Å². The van der Waals surface area contributed by atoms with Gasteiger partial charge in [0.05, 0.1) is 19.1 Å². The molecule has 0 saturated carbocycles. The van der Waals surface area contributed by atoms with Gasteiger partial charge < -0.3 is 49.4 Å². The molecule has 1 aromatic carbocycles. The minimum Gasteiger partial charge on any atom is -0.491 e. The van der Waals surface area contributed by atoms with Gasteiger partial charge in [0.25, 0.3) is 11.8 Å². The van der Waals surface area contributed by atoms with Crippen LogP contribution in [-0.2, 0) is 44.8 Å². The fourth-order valence-corrected chi connectivity index (χ4v) is 3.98. The van der Waals surface area contributed by atoms with E-state index >= 15 is 0 Å². The third-order valence-corrected chi connectivity index (χ3v) is 6.46. The van der Waals surface area contributed by atoms with E-state index in [-0.39, 0.29) is 63.3 Å². The fourth-order valence-electron chi connectivity index (χ4n) is 3.98. The van der Waals surface area contributed by atoms with Gasteiger partial charge in [-0.1, -0.05) is 13.8 Å². The summed E-state index contributed by atoms with van der Waals surface area (Å²) in [5.41, 5.74) is 0.316. The lowest BCUT2D eigenvalue weighted by Gasteiger charge is -2.38. The molecule has 0 bridgehead atoms. The summed E-state index contributed by atoms with van der Waals surface area (Å²) in [6.45, 7) is 3.57. The van der Waals surface area contributed by atoms with Gasteiger partial charge in [0.1, 0.15) is 43.0 Å². The van der Waals surface area contributed by atoms with Gasteiger partial charge in [-0.25, -0.2) is 4.79 Å². The number of aliphatic hydroxyl groups is 3. The molecule has 242 valence electrons. The molecule has 0 aliphatic carbocycles. The number of hydrogen-bond acceptors (Lipinski definition) is 13. The lowest BCUT2D eigenvalue weighted by atomic mass is 9.99. The molecule has 5 atom stereocenters. The molecule has 0 aromatic heterocycles. The van der Waals surface area contributed by atoms with Crippen LogP contribution in [0.4, 0.5) is 0 Å². The number of carbonyl (C=O) groups excluding carboxylic acids is 4. The first-order valence-electron chi connectivity index (χ1n) is 13.8. The highest BCUT2D eigenvalue weighted by molar-refractivity contribution is 6.13. The van der Waals surface area contributed by atoms with Gasteiger partial charge in [0.2, 0.25) is 12.2 Å². The number of ether oxygens (including phenoxy) is 5. The molecule has 1 fully saturated rings. The van der Waals surface area contributed by atoms with Crippen LogP contribution in [0.15, 0.2) is 30.4 Å². The number of hydrogen-bond donors (Lipinski definition) is 5. The molecule has 2 heterocycles. The molecular weight excluding hydrogens is 588 g/mol. The zero-order valence-electron chi connectivity index (χ0n) is 24.1. The lowest BCUT2D eigenvalue weighted by Crippen LogP contribution is -2.61. The number of carboxylic acids is 1. The molecule has 16 heteroatoms. The average molecular weight is 625 g/mol. The number of nitrogens with zero attached hydrogens (tertiary/aromatic N) is 1. The molecule has 0 spiro atoms. The number of rotatable bonds is 16. The Bertz CT molecular complexity index is 1220. The molecule has 2 aliphatic rings. The van der Waals surface area contributed by atoms with Crippen molar-refractivity contribution in [3.63, 3.8) is 0 Å². The summed E-state index contributed by atoms with van der Waals surface area (Å²) >= 11 is 0. The summed E-state index contributed by atoms with van der Waals surface area (Å²) < 4.78 is 27.2. The Balaban J connectivity index is 1.50. The molecule has 5 N–H and O–H groups in total. The molecule has 44 heavy (non-hydrogen) atoms. The van der Waals surface area contributed by atoms with Crippen molar-refractivity contribution in [2.24, 2.45) is 5.92 Å². The van der Waals surface area contributed by atoms with E-state index in [1.54, 1.807) is 19.9 Å². The van der Waals surface area contributed by atoms with Crippen LogP contribution in [0.3, 0.4) is 0 Å². The number of aliphatic hydroxyl groups excluding tert-OH is 3. The van der Waals surface area contributed by atoms with Crippen LogP contribution in [-0.4, -0.2) is 119 Å². The highest BCUT2D eigenvalue weighted by atomic mass is 16.7. The predicted octanol–water partition coefficient (Wildman–Crippen LogP) is -1.52. The lowest BCUT2D eigenvalue weighted by molar-refractivity contribution is -0.271. The van der Waals surface area contributed by atoms with Gasteiger partial charge in [-0.15, -0.1) is 0 Å². The van der Waals surface area contributed by atoms with Crippen molar-refractivity contribution in [3.8, 4) is 11.5 Å². The zero-order valence-corrected chi connectivity index (χ0v) is 24.1. The Kier molecular flexibility index (Phi) is 12.6. The van der Waals surface area contributed by atoms with E-state index < -0.39 is 60.4 Å². The summed E-state index contributed by atoms with van der Waals surface area (Å²) in [5, 5.41) is 42.3. The van der Waals surface area contributed by atoms with E-state index in [4.69, 9.17) is 23.7 Å². The van der Waals surface area contributed by atoms with Crippen LogP contribution in [0.2, 0.25) is 0 Å². The van der Waals surface area contributed by atoms with Crippen LogP contribution in [0.5, 0.6) is 11.5 Å². The average Bonchev–Trinajstić information content (AvgIpc) is 3.31. The second-order valence-electron chi connectivity index (χ2n) is 10.1. The molecule has 2 aliphatic heterocycles. The maximum absolute atomic E-state index is 12.0. The normalized spacial score (nSPS) is 23.1. The van der Waals surface area contributed by atoms with Crippen molar-refractivity contribution in [1.29, 1.82) is 0 Å². The molecule has 3 amide bonds. The maximum atomic E-state index is 12.0. The highest BCUT2D eigenvalue weighted by Gasteiger charge is 2.48. The standard InChI is InChI=1S/C28H36N2O14/c1-15(2)27(39)42-14-16-3-4-17(13-18(16)43-28-24(36)22(34)23(35)25(44-28)26(37)38)41-12-11-40-10-8-29-19(31)7-9-30-20(32)5-6-21(30)33/h3-6,13,15,22-25,28,34-36H,7-12,14H2,1-2H3,(H,29,31)(H,37,38)/t22-,23-,24+,25-,28+/m0/s1. The molecule has 0 radical (unpaired) electrons. The minimum atomic E-state index is -1.90. The minimum absolute atomic E-state index is 0.00687. The molecule has 3 rings (SSSR count). The highest BCUT2D eigenvalue weighted by Crippen LogP contribution is 2.30. The number of imide groups is 1. The van der Waals surface area contributed by atoms with Gasteiger partial charge in [-0.05, 0) is 12.1 Å². The van der Waals surface area contributed by atoms with Crippen LogP contribution < -0.4 is 14.8 Å². The Hall–Kier alpha value is -4.09. The summed E-state index contributed by atoms with van der Waals surface area (Å²) in [5.74, 6) is -3.49. The summed E-state index contributed by atoms with van der Waals surface area (Å²) in [7, 11) is 0. The monoisotopic (exact) mass is 624 g/mol. The molecular formula is C28H36N2O14. The Morgan fingerprint density at radius 3 is 2.36 bits per heavy atom. The van der Waals surface area contributed by atoms with E-state index in [1.165, 1.54) is 12.1 Å². The topological polar surface area (TPSA) is 228 Å². The summed E-state index contributed by atoms with van der Waals surface area (Å²) in [4.78, 5) is 59.4. The van der Waals surface area contributed by atoms with Crippen molar-refractivity contribution in [2.45, 2.75) is 57.6 Å².